The van der Waals surface area contributed by atoms with Gasteiger partial charge in [0.1, 0.15) is 18.0 Å². The van der Waals surface area contributed by atoms with E-state index in [0.717, 1.165) is 21.6 Å². The van der Waals surface area contributed by atoms with Crippen LogP contribution in [-0.2, 0) is 9.59 Å². The summed E-state index contributed by atoms with van der Waals surface area (Å²) in [6.45, 7) is -0.360. The van der Waals surface area contributed by atoms with Crippen LogP contribution in [0.2, 0.25) is 0 Å². The third kappa shape index (κ3) is 4.98. The largest absolute Gasteiger partial charge is 0.497 e. The van der Waals surface area contributed by atoms with Crippen molar-refractivity contribution in [3.05, 3.63) is 52.9 Å². The van der Waals surface area contributed by atoms with Crippen molar-refractivity contribution in [2.45, 2.75) is 4.90 Å². The number of hydrogen-bond acceptors (Lipinski definition) is 7. The maximum atomic E-state index is 12.7. The maximum Gasteiger partial charge on any atom is 0.294 e. The van der Waals surface area contributed by atoms with E-state index in [4.69, 9.17) is 9.47 Å². The number of rotatable bonds is 7. The number of ether oxygens (including phenoxy) is 2. The molecule has 1 aliphatic rings. The molecule has 156 valence electrons. The monoisotopic (exact) mass is 444 g/mol. The van der Waals surface area contributed by atoms with Gasteiger partial charge in [-0.15, -0.1) is 11.8 Å². The Kier molecular flexibility index (Phi) is 7.07. The minimum atomic E-state index is -0.525. The molecule has 30 heavy (non-hydrogen) atoms. The van der Waals surface area contributed by atoms with Crippen molar-refractivity contribution in [3.8, 4) is 11.5 Å². The first-order valence-electron chi connectivity index (χ1n) is 8.86. The molecule has 9 heteroatoms. The van der Waals surface area contributed by atoms with Crippen LogP contribution in [0.1, 0.15) is 5.56 Å². The molecular formula is C21H20N2O5S2. The van der Waals surface area contributed by atoms with E-state index in [1.807, 2.05) is 24.5 Å². The quantitative estimate of drug-likeness (QED) is 0.508. The van der Waals surface area contributed by atoms with Crippen LogP contribution >= 0.6 is 23.5 Å². The standard InChI is InChI=1S/C21H20N2O5S2/c1-27-15-7-8-17(28-2)13(9-15)10-18-20(25)23(21(26)30-18)12-19(24)22-14-5-4-6-16(11-14)29-3/h4-11H,12H2,1-3H3,(H,22,24)/b18-10+. The lowest BCUT2D eigenvalue weighted by molar-refractivity contribution is -0.127. The normalized spacial score (nSPS) is 14.9. The van der Waals surface area contributed by atoms with E-state index in [1.54, 1.807) is 42.1 Å². The lowest BCUT2D eigenvalue weighted by Crippen LogP contribution is -2.36. The van der Waals surface area contributed by atoms with E-state index in [0.29, 0.717) is 22.7 Å². The van der Waals surface area contributed by atoms with Gasteiger partial charge in [-0.3, -0.25) is 19.3 Å². The summed E-state index contributed by atoms with van der Waals surface area (Å²) in [5.41, 5.74) is 1.20. The zero-order valence-corrected chi connectivity index (χ0v) is 18.3. The minimum Gasteiger partial charge on any atom is -0.497 e. The van der Waals surface area contributed by atoms with Crippen molar-refractivity contribution < 1.29 is 23.9 Å². The first kappa shape index (κ1) is 21.8. The van der Waals surface area contributed by atoms with Gasteiger partial charge < -0.3 is 14.8 Å². The predicted molar refractivity (Wildman–Crippen MR) is 119 cm³/mol. The van der Waals surface area contributed by atoms with E-state index in [1.165, 1.54) is 14.2 Å². The lowest BCUT2D eigenvalue weighted by Gasteiger charge is -2.13. The van der Waals surface area contributed by atoms with Gasteiger partial charge in [-0.05, 0) is 60.5 Å². The highest BCUT2D eigenvalue weighted by molar-refractivity contribution is 8.18. The van der Waals surface area contributed by atoms with Gasteiger partial charge in [-0.2, -0.15) is 0 Å². The van der Waals surface area contributed by atoms with Crippen molar-refractivity contribution in [1.82, 2.24) is 4.90 Å². The highest BCUT2D eigenvalue weighted by Crippen LogP contribution is 2.35. The van der Waals surface area contributed by atoms with Gasteiger partial charge in [0.2, 0.25) is 5.91 Å². The summed E-state index contributed by atoms with van der Waals surface area (Å²) in [5.74, 6) is 0.154. The van der Waals surface area contributed by atoms with E-state index in [-0.39, 0.29) is 11.4 Å². The summed E-state index contributed by atoms with van der Waals surface area (Å²) in [6.07, 6.45) is 3.50. The van der Waals surface area contributed by atoms with Crippen LogP contribution in [0.25, 0.3) is 6.08 Å². The second-order valence-corrected chi connectivity index (χ2v) is 8.03. The fraction of sp³-hybridized carbons (Fsp3) is 0.190. The van der Waals surface area contributed by atoms with Gasteiger partial charge in [0.05, 0.1) is 19.1 Å². The van der Waals surface area contributed by atoms with E-state index in [2.05, 4.69) is 5.32 Å². The number of amides is 3. The molecule has 0 saturated carbocycles. The Morgan fingerprint density at radius 2 is 1.97 bits per heavy atom. The fourth-order valence-corrected chi connectivity index (χ4v) is 4.06. The summed E-state index contributed by atoms with van der Waals surface area (Å²) >= 11 is 2.33. The number of carbonyl (C=O) groups excluding carboxylic acids is 3. The highest BCUT2D eigenvalue weighted by atomic mass is 32.2. The van der Waals surface area contributed by atoms with E-state index >= 15 is 0 Å². The molecule has 0 radical (unpaired) electrons. The summed E-state index contributed by atoms with van der Waals surface area (Å²) in [4.78, 5) is 39.6. The average Bonchev–Trinajstić information content (AvgIpc) is 3.01. The van der Waals surface area contributed by atoms with Gasteiger partial charge in [0.15, 0.2) is 0 Å². The van der Waals surface area contributed by atoms with E-state index < -0.39 is 17.1 Å². The third-order valence-electron chi connectivity index (χ3n) is 4.25. The van der Waals surface area contributed by atoms with E-state index in [9.17, 15) is 14.4 Å². The van der Waals surface area contributed by atoms with Crippen molar-refractivity contribution in [2.24, 2.45) is 0 Å². The molecule has 1 fully saturated rings. The maximum absolute atomic E-state index is 12.7. The van der Waals surface area contributed by atoms with Crippen LogP contribution in [0, 0.1) is 0 Å². The Morgan fingerprint density at radius 3 is 2.67 bits per heavy atom. The van der Waals surface area contributed by atoms with Crippen LogP contribution in [0.15, 0.2) is 52.3 Å². The summed E-state index contributed by atoms with van der Waals surface area (Å²) in [6, 6.07) is 12.5. The number of hydrogen-bond donors (Lipinski definition) is 1. The van der Waals surface area contributed by atoms with Gasteiger partial charge in [0, 0.05) is 16.1 Å². The molecule has 1 saturated heterocycles. The Labute approximate surface area is 182 Å². The molecule has 1 aliphatic heterocycles. The van der Waals surface area contributed by atoms with Crippen LogP contribution in [-0.4, -0.2) is 49.0 Å². The Bertz CT molecular complexity index is 1020. The van der Waals surface area contributed by atoms with Gasteiger partial charge in [-0.1, -0.05) is 6.07 Å². The Balaban J connectivity index is 1.74. The van der Waals surface area contributed by atoms with Crippen LogP contribution in [0.5, 0.6) is 11.5 Å². The molecule has 1 N–H and O–H groups in total. The number of benzene rings is 2. The number of carbonyl (C=O) groups is 3. The summed E-state index contributed by atoms with van der Waals surface area (Å²) < 4.78 is 10.5. The molecule has 2 aromatic carbocycles. The van der Waals surface area contributed by atoms with Gasteiger partial charge in [0.25, 0.3) is 11.1 Å². The van der Waals surface area contributed by atoms with Gasteiger partial charge in [-0.25, -0.2) is 0 Å². The first-order chi connectivity index (χ1) is 14.4. The first-order valence-corrected chi connectivity index (χ1v) is 10.9. The average molecular weight is 445 g/mol. The second kappa shape index (κ2) is 9.73. The Hall–Kier alpha value is -2.91. The molecule has 0 atom stereocenters. The predicted octanol–water partition coefficient (Wildman–Crippen LogP) is 4.10. The third-order valence-corrected chi connectivity index (χ3v) is 5.89. The van der Waals surface area contributed by atoms with Crippen LogP contribution < -0.4 is 14.8 Å². The molecule has 2 aromatic rings. The molecule has 0 spiro atoms. The number of nitrogens with one attached hydrogen (secondary N) is 1. The molecule has 3 amide bonds. The van der Waals surface area contributed by atoms with Crippen molar-refractivity contribution >= 4 is 52.3 Å². The van der Waals surface area contributed by atoms with Crippen LogP contribution in [0.4, 0.5) is 10.5 Å². The molecule has 0 bridgehead atoms. The second-order valence-electron chi connectivity index (χ2n) is 6.16. The number of nitrogens with zero attached hydrogens (tertiary/aromatic N) is 1. The molecule has 0 aliphatic carbocycles. The summed E-state index contributed by atoms with van der Waals surface area (Å²) in [5, 5.41) is 2.22. The minimum absolute atomic E-state index is 0.212. The molecule has 0 unspecified atom stereocenters. The zero-order valence-electron chi connectivity index (χ0n) is 16.6. The molecular weight excluding hydrogens is 424 g/mol. The van der Waals surface area contributed by atoms with Crippen molar-refractivity contribution in [3.63, 3.8) is 0 Å². The van der Waals surface area contributed by atoms with Crippen molar-refractivity contribution in [2.75, 3.05) is 32.3 Å². The topological polar surface area (TPSA) is 84.9 Å². The van der Waals surface area contributed by atoms with Crippen LogP contribution in [0.3, 0.4) is 0 Å². The molecule has 7 nitrogen and oxygen atoms in total. The SMILES string of the molecule is COc1ccc(OC)c(/C=C2/SC(=O)N(CC(=O)Nc3cccc(SC)c3)C2=O)c1. The van der Waals surface area contributed by atoms with Crippen molar-refractivity contribution in [1.29, 1.82) is 0 Å². The Morgan fingerprint density at radius 1 is 1.17 bits per heavy atom. The number of imide groups is 1. The smallest absolute Gasteiger partial charge is 0.294 e. The number of anilines is 1. The number of thioether (sulfide) groups is 2. The summed E-state index contributed by atoms with van der Waals surface area (Å²) in [7, 11) is 3.05. The molecule has 0 aromatic heterocycles. The lowest BCUT2D eigenvalue weighted by atomic mass is 10.1. The molecule has 1 heterocycles. The van der Waals surface area contributed by atoms with Gasteiger partial charge >= 0.3 is 0 Å². The highest BCUT2D eigenvalue weighted by Gasteiger charge is 2.36. The number of methoxy groups -OCH3 is 2. The zero-order chi connectivity index (χ0) is 21.7. The fourth-order valence-electron chi connectivity index (χ4n) is 2.77. The molecule has 3 rings (SSSR count).